The molecule has 172 valence electrons. The molecule has 0 radical (unpaired) electrons. The molecule has 0 spiro atoms. The van der Waals surface area contributed by atoms with E-state index in [0.717, 1.165) is 12.1 Å². The van der Waals surface area contributed by atoms with E-state index in [1.165, 1.54) is 50.6 Å². The van der Waals surface area contributed by atoms with Crippen molar-refractivity contribution in [1.29, 1.82) is 0 Å². The Bertz CT molecular complexity index is 1600. The molecule has 0 amide bonds. The first-order valence-corrected chi connectivity index (χ1v) is 12.5. The van der Waals surface area contributed by atoms with Crippen molar-refractivity contribution >= 4 is 41.6 Å². The number of sulfone groups is 2. The zero-order chi connectivity index (χ0) is 24.0. The van der Waals surface area contributed by atoms with Crippen LogP contribution in [0.5, 0.6) is 11.5 Å². The molecule has 0 N–H and O–H groups in total. The molecule has 0 aliphatic carbocycles. The Morgan fingerprint density at radius 1 is 0.667 bits per heavy atom. The predicted molar refractivity (Wildman–Crippen MR) is 117 cm³/mol. The van der Waals surface area contributed by atoms with Gasteiger partial charge in [0.25, 0.3) is 0 Å². The summed E-state index contributed by atoms with van der Waals surface area (Å²) >= 11 is 0. The summed E-state index contributed by atoms with van der Waals surface area (Å²) in [5.74, 6) is 0.758. The summed E-state index contributed by atoms with van der Waals surface area (Å²) in [7, 11) is -6.61. The van der Waals surface area contributed by atoms with Crippen molar-refractivity contribution in [2.24, 2.45) is 0 Å². The Balaban J connectivity index is 1.77. The van der Waals surface area contributed by atoms with Gasteiger partial charge < -0.3 is 18.3 Å². The fourth-order valence-corrected chi connectivity index (χ4v) is 7.02. The molecule has 33 heavy (non-hydrogen) atoms. The summed E-state index contributed by atoms with van der Waals surface area (Å²) in [5, 5.41) is -1.05. The molecule has 2 aromatic carbocycles. The van der Waals surface area contributed by atoms with E-state index in [9.17, 15) is 26.4 Å². The minimum atomic E-state index is -4.71. The third-order valence-corrected chi connectivity index (χ3v) is 9.19. The summed E-state index contributed by atoms with van der Waals surface area (Å²) in [6, 6.07) is 10.8. The molecule has 0 atom stereocenters. The standard InChI is InChI=1S/C21H16O10S2/c1-28-14-5-3-12-7-18(20(22)30-16(12)9-14)32(24,25)11-33(26,27)19-8-13-4-6-15(29-2)10-17(13)31-21(19)23/h3-10H,11H2,1-2H3. The Hall–Kier alpha value is -3.64. The van der Waals surface area contributed by atoms with E-state index < -0.39 is 45.8 Å². The number of hydrogen-bond acceptors (Lipinski definition) is 10. The Morgan fingerprint density at radius 2 is 1.06 bits per heavy atom. The summed E-state index contributed by atoms with van der Waals surface area (Å²) in [6.45, 7) is 0. The number of ether oxygens (including phenoxy) is 2. The first-order valence-electron chi connectivity index (χ1n) is 9.23. The van der Waals surface area contributed by atoms with Gasteiger partial charge in [-0.05, 0) is 36.4 Å². The zero-order valence-electron chi connectivity index (χ0n) is 17.2. The SMILES string of the molecule is COc1ccc2cc(S(=O)(=O)CS(=O)(=O)c3cc4ccc(OC)cc4oc3=O)c(=O)oc2c1. The number of methoxy groups -OCH3 is 2. The molecule has 0 aliphatic heterocycles. The highest BCUT2D eigenvalue weighted by Gasteiger charge is 2.32. The largest absolute Gasteiger partial charge is 0.497 e. The van der Waals surface area contributed by atoms with Crippen molar-refractivity contribution in [3.8, 4) is 11.5 Å². The van der Waals surface area contributed by atoms with Crippen LogP contribution in [0, 0.1) is 0 Å². The van der Waals surface area contributed by atoms with Gasteiger partial charge in [0, 0.05) is 22.9 Å². The molecule has 2 aromatic heterocycles. The summed E-state index contributed by atoms with van der Waals surface area (Å²) < 4.78 is 71.6. The lowest BCUT2D eigenvalue weighted by molar-refractivity contribution is 0.413. The lowest BCUT2D eigenvalue weighted by Gasteiger charge is -2.07. The monoisotopic (exact) mass is 492 g/mol. The molecular weight excluding hydrogens is 476 g/mol. The van der Waals surface area contributed by atoms with Gasteiger partial charge in [0.15, 0.2) is 34.6 Å². The molecule has 0 unspecified atom stereocenters. The Kier molecular flexibility index (Phi) is 5.50. The van der Waals surface area contributed by atoms with Gasteiger partial charge in [-0.15, -0.1) is 0 Å². The quantitative estimate of drug-likeness (QED) is 0.367. The van der Waals surface area contributed by atoms with Crippen LogP contribution in [0.3, 0.4) is 0 Å². The van der Waals surface area contributed by atoms with Crippen molar-refractivity contribution in [2.75, 3.05) is 19.3 Å². The van der Waals surface area contributed by atoms with Crippen LogP contribution in [0.1, 0.15) is 0 Å². The van der Waals surface area contributed by atoms with Crippen LogP contribution >= 0.6 is 0 Å². The second-order valence-electron chi connectivity index (χ2n) is 6.95. The van der Waals surface area contributed by atoms with Gasteiger partial charge in [-0.3, -0.25) is 0 Å². The third kappa shape index (κ3) is 4.22. The average Bonchev–Trinajstić information content (AvgIpc) is 2.76. The highest BCUT2D eigenvalue weighted by molar-refractivity contribution is 8.08. The number of hydrogen-bond donors (Lipinski definition) is 0. The third-order valence-electron chi connectivity index (χ3n) is 4.80. The van der Waals surface area contributed by atoms with Crippen LogP contribution < -0.4 is 20.7 Å². The minimum Gasteiger partial charge on any atom is -0.497 e. The van der Waals surface area contributed by atoms with Gasteiger partial charge in [0.05, 0.1) is 14.2 Å². The summed E-state index contributed by atoms with van der Waals surface area (Å²) in [6.07, 6.45) is 0. The molecule has 4 aromatic rings. The lowest BCUT2D eigenvalue weighted by Crippen LogP contribution is -2.25. The van der Waals surface area contributed by atoms with Gasteiger partial charge in [0.2, 0.25) is 0 Å². The summed E-state index contributed by atoms with van der Waals surface area (Å²) in [4.78, 5) is 23.0. The van der Waals surface area contributed by atoms with Crippen LogP contribution in [0.4, 0.5) is 0 Å². The molecule has 12 heteroatoms. The van der Waals surface area contributed by atoms with E-state index >= 15 is 0 Å². The normalized spacial score (nSPS) is 12.2. The molecule has 2 heterocycles. The topological polar surface area (TPSA) is 147 Å². The maximum absolute atomic E-state index is 12.9. The van der Waals surface area contributed by atoms with Gasteiger partial charge in [-0.25, -0.2) is 26.4 Å². The Labute approximate surface area is 186 Å². The molecule has 0 fully saturated rings. The van der Waals surface area contributed by atoms with E-state index in [1.807, 2.05) is 0 Å². The lowest BCUT2D eigenvalue weighted by atomic mass is 10.2. The van der Waals surface area contributed by atoms with E-state index in [1.54, 1.807) is 0 Å². The van der Waals surface area contributed by atoms with Crippen LogP contribution in [-0.4, -0.2) is 36.1 Å². The second kappa shape index (κ2) is 8.05. The van der Waals surface area contributed by atoms with Crippen LogP contribution in [0.15, 0.2) is 76.7 Å². The van der Waals surface area contributed by atoms with E-state index in [4.69, 9.17) is 18.3 Å². The molecule has 0 saturated carbocycles. The fourth-order valence-electron chi connectivity index (χ4n) is 3.16. The van der Waals surface area contributed by atoms with Crippen molar-refractivity contribution < 1.29 is 35.1 Å². The van der Waals surface area contributed by atoms with Crippen LogP contribution in [-0.2, 0) is 19.7 Å². The molecular formula is C21H16O10S2. The van der Waals surface area contributed by atoms with Crippen molar-refractivity contribution in [3.63, 3.8) is 0 Å². The Morgan fingerprint density at radius 3 is 1.42 bits per heavy atom. The first-order chi connectivity index (χ1) is 15.5. The van der Waals surface area contributed by atoms with Crippen molar-refractivity contribution in [1.82, 2.24) is 0 Å². The maximum atomic E-state index is 12.9. The van der Waals surface area contributed by atoms with Gasteiger partial charge in [-0.2, -0.15) is 0 Å². The van der Waals surface area contributed by atoms with E-state index in [2.05, 4.69) is 0 Å². The predicted octanol–water partition coefficient (Wildman–Crippen LogP) is 2.12. The molecule has 10 nitrogen and oxygen atoms in total. The number of benzene rings is 2. The van der Waals surface area contributed by atoms with E-state index in [-0.39, 0.29) is 21.9 Å². The molecule has 0 bridgehead atoms. The summed E-state index contributed by atoms with van der Waals surface area (Å²) in [5.41, 5.74) is -2.37. The molecule has 4 rings (SSSR count). The molecule has 0 aliphatic rings. The van der Waals surface area contributed by atoms with Crippen molar-refractivity contribution in [2.45, 2.75) is 9.79 Å². The zero-order valence-corrected chi connectivity index (χ0v) is 18.9. The van der Waals surface area contributed by atoms with Gasteiger partial charge in [0.1, 0.15) is 22.7 Å². The van der Waals surface area contributed by atoms with Crippen LogP contribution in [0.25, 0.3) is 21.9 Å². The highest BCUT2D eigenvalue weighted by atomic mass is 32.3. The van der Waals surface area contributed by atoms with E-state index in [0.29, 0.717) is 11.5 Å². The van der Waals surface area contributed by atoms with Crippen molar-refractivity contribution in [3.05, 3.63) is 69.4 Å². The maximum Gasteiger partial charge on any atom is 0.355 e. The van der Waals surface area contributed by atoms with Gasteiger partial charge in [-0.1, -0.05) is 0 Å². The molecule has 0 saturated heterocycles. The fraction of sp³-hybridized carbons (Fsp3) is 0.143. The first kappa shape index (κ1) is 22.6. The average molecular weight is 492 g/mol. The number of fused-ring (bicyclic) bond motifs is 2. The smallest absolute Gasteiger partial charge is 0.355 e. The highest BCUT2D eigenvalue weighted by Crippen LogP contribution is 2.25. The minimum absolute atomic E-state index is 0.0618. The van der Waals surface area contributed by atoms with Gasteiger partial charge >= 0.3 is 11.3 Å². The van der Waals surface area contributed by atoms with Crippen LogP contribution in [0.2, 0.25) is 0 Å². The second-order valence-corrected chi connectivity index (χ2v) is 11.2. The number of rotatable bonds is 6.